The third-order valence-corrected chi connectivity index (χ3v) is 7.31. The van der Waals surface area contributed by atoms with Crippen LogP contribution in [-0.2, 0) is 0 Å². The molecule has 8 rings (SSSR count). The molecule has 0 aliphatic carbocycles. The number of aromatic nitrogens is 3. The van der Waals surface area contributed by atoms with Crippen LogP contribution in [0.4, 0.5) is 0 Å². The molecular formula is C34H21N3O. The van der Waals surface area contributed by atoms with E-state index in [9.17, 15) is 0 Å². The lowest BCUT2D eigenvalue weighted by molar-refractivity contribution is 0.614. The highest BCUT2D eigenvalue weighted by Crippen LogP contribution is 2.36. The molecule has 0 fully saturated rings. The summed E-state index contributed by atoms with van der Waals surface area (Å²) >= 11 is 0. The SMILES string of the molecule is c1cc(-c2cccc3ccccc23)cc(-c2nc(-n3c4ccccc4c4ccccc43)nc3ccoc23)c1. The topological polar surface area (TPSA) is 43.9 Å². The number of furan rings is 1. The summed E-state index contributed by atoms with van der Waals surface area (Å²) in [6.45, 7) is 0. The maximum atomic E-state index is 5.93. The Morgan fingerprint density at radius 2 is 1.21 bits per heavy atom. The summed E-state index contributed by atoms with van der Waals surface area (Å²) in [5, 5.41) is 4.81. The number of benzene rings is 5. The first-order chi connectivity index (χ1) is 18.8. The van der Waals surface area contributed by atoms with Crippen LogP contribution in [0.15, 0.2) is 132 Å². The van der Waals surface area contributed by atoms with Crippen LogP contribution < -0.4 is 0 Å². The fourth-order valence-electron chi connectivity index (χ4n) is 5.60. The van der Waals surface area contributed by atoms with E-state index in [2.05, 4.69) is 120 Å². The van der Waals surface area contributed by atoms with E-state index in [0.29, 0.717) is 11.5 Å². The predicted molar refractivity (Wildman–Crippen MR) is 155 cm³/mol. The van der Waals surface area contributed by atoms with Crippen LogP contribution in [0.1, 0.15) is 0 Å². The second-order valence-electron chi connectivity index (χ2n) is 9.48. The smallest absolute Gasteiger partial charge is 0.236 e. The first-order valence-corrected chi connectivity index (χ1v) is 12.7. The van der Waals surface area contributed by atoms with Crippen LogP contribution in [0.5, 0.6) is 0 Å². The second-order valence-corrected chi connectivity index (χ2v) is 9.48. The molecule has 3 heterocycles. The number of rotatable bonds is 3. The Labute approximate surface area is 218 Å². The molecular weight excluding hydrogens is 466 g/mol. The van der Waals surface area contributed by atoms with Gasteiger partial charge < -0.3 is 4.42 Å². The summed E-state index contributed by atoms with van der Waals surface area (Å²) in [7, 11) is 0. The van der Waals surface area contributed by atoms with E-state index in [1.165, 1.54) is 27.1 Å². The Kier molecular flexibility index (Phi) is 4.49. The average molecular weight is 488 g/mol. The second kappa shape index (κ2) is 8.15. The lowest BCUT2D eigenvalue weighted by Crippen LogP contribution is -2.02. The van der Waals surface area contributed by atoms with E-state index < -0.39 is 0 Å². The van der Waals surface area contributed by atoms with Gasteiger partial charge in [-0.15, -0.1) is 0 Å². The van der Waals surface area contributed by atoms with Crippen LogP contribution in [0, 0.1) is 0 Å². The van der Waals surface area contributed by atoms with Gasteiger partial charge in [-0.3, -0.25) is 4.57 Å². The van der Waals surface area contributed by atoms with Gasteiger partial charge >= 0.3 is 0 Å². The van der Waals surface area contributed by atoms with Gasteiger partial charge in [-0.2, -0.15) is 0 Å². The molecule has 0 N–H and O–H groups in total. The minimum Gasteiger partial charge on any atom is -0.460 e. The van der Waals surface area contributed by atoms with Crippen molar-refractivity contribution in [2.45, 2.75) is 0 Å². The van der Waals surface area contributed by atoms with Gasteiger partial charge in [-0.25, -0.2) is 9.97 Å². The number of hydrogen-bond donors (Lipinski definition) is 0. The fraction of sp³-hybridized carbons (Fsp3) is 0. The summed E-state index contributed by atoms with van der Waals surface area (Å²) in [6, 6.07) is 42.2. The summed E-state index contributed by atoms with van der Waals surface area (Å²) in [5.74, 6) is 0.627. The van der Waals surface area contributed by atoms with Crippen LogP contribution in [0.25, 0.3) is 72.0 Å². The Hall–Kier alpha value is -5.22. The minimum absolute atomic E-state index is 0.627. The van der Waals surface area contributed by atoms with E-state index in [0.717, 1.165) is 33.4 Å². The van der Waals surface area contributed by atoms with Crippen LogP contribution in [0.2, 0.25) is 0 Å². The maximum absolute atomic E-state index is 5.93. The normalized spacial score (nSPS) is 11.7. The molecule has 0 atom stereocenters. The van der Waals surface area contributed by atoms with E-state index in [1.54, 1.807) is 6.26 Å². The lowest BCUT2D eigenvalue weighted by atomic mass is 9.96. The summed E-state index contributed by atoms with van der Waals surface area (Å²) in [4.78, 5) is 10.1. The van der Waals surface area contributed by atoms with Crippen molar-refractivity contribution in [2.75, 3.05) is 0 Å². The molecule has 0 aliphatic rings. The molecule has 38 heavy (non-hydrogen) atoms. The molecule has 0 saturated carbocycles. The monoisotopic (exact) mass is 487 g/mol. The van der Waals surface area contributed by atoms with Crippen LogP contribution in [0.3, 0.4) is 0 Å². The fourth-order valence-corrected chi connectivity index (χ4v) is 5.60. The van der Waals surface area contributed by atoms with Crippen molar-refractivity contribution in [3.8, 4) is 28.3 Å². The van der Waals surface area contributed by atoms with Gasteiger partial charge in [0, 0.05) is 22.4 Å². The molecule has 0 aliphatic heterocycles. The van der Waals surface area contributed by atoms with Crippen molar-refractivity contribution in [1.82, 2.24) is 14.5 Å². The Morgan fingerprint density at radius 1 is 0.553 bits per heavy atom. The standard InChI is InChI=1S/C34H21N3O/c1-2-13-25-22(9-1)10-8-16-26(25)23-11-7-12-24(21-23)32-33-29(19-20-38-33)35-34(36-32)37-30-17-5-3-14-27(30)28-15-4-6-18-31(28)37/h1-21H. The molecule has 178 valence electrons. The van der Waals surface area contributed by atoms with E-state index in [4.69, 9.17) is 14.4 Å². The summed E-state index contributed by atoms with van der Waals surface area (Å²) in [5.41, 5.74) is 7.71. The van der Waals surface area contributed by atoms with Gasteiger partial charge in [0.15, 0.2) is 5.58 Å². The summed E-state index contributed by atoms with van der Waals surface area (Å²) < 4.78 is 8.08. The molecule has 3 aromatic heterocycles. The van der Waals surface area contributed by atoms with Crippen molar-refractivity contribution >= 4 is 43.7 Å². The summed E-state index contributed by atoms with van der Waals surface area (Å²) in [6.07, 6.45) is 1.69. The molecule has 8 aromatic rings. The zero-order valence-electron chi connectivity index (χ0n) is 20.4. The minimum atomic E-state index is 0.627. The molecule has 4 nitrogen and oxygen atoms in total. The Morgan fingerprint density at radius 3 is 2.03 bits per heavy atom. The molecule has 0 amide bonds. The van der Waals surface area contributed by atoms with Gasteiger partial charge in [-0.05, 0) is 40.1 Å². The molecule has 0 radical (unpaired) electrons. The zero-order valence-corrected chi connectivity index (χ0v) is 20.4. The first kappa shape index (κ1) is 20.9. The number of hydrogen-bond acceptors (Lipinski definition) is 3. The van der Waals surface area contributed by atoms with Crippen molar-refractivity contribution in [3.63, 3.8) is 0 Å². The van der Waals surface area contributed by atoms with Crippen molar-refractivity contribution in [2.24, 2.45) is 0 Å². The molecule has 0 unspecified atom stereocenters. The van der Waals surface area contributed by atoms with Gasteiger partial charge in [0.05, 0.1) is 17.3 Å². The van der Waals surface area contributed by atoms with Crippen LogP contribution >= 0.6 is 0 Å². The molecule has 5 aromatic carbocycles. The van der Waals surface area contributed by atoms with Crippen LogP contribution in [-0.4, -0.2) is 14.5 Å². The van der Waals surface area contributed by atoms with Crippen molar-refractivity contribution in [3.05, 3.63) is 128 Å². The van der Waals surface area contributed by atoms with Crippen molar-refractivity contribution in [1.29, 1.82) is 0 Å². The highest BCUT2D eigenvalue weighted by Gasteiger charge is 2.18. The maximum Gasteiger partial charge on any atom is 0.236 e. The molecule has 0 saturated heterocycles. The largest absolute Gasteiger partial charge is 0.460 e. The Balaban J connectivity index is 1.38. The van der Waals surface area contributed by atoms with Gasteiger partial charge in [-0.1, -0.05) is 97.1 Å². The number of nitrogens with zero attached hydrogens (tertiary/aromatic N) is 3. The predicted octanol–water partition coefficient (Wildman–Crippen LogP) is 8.81. The lowest BCUT2D eigenvalue weighted by Gasteiger charge is -2.11. The number of fused-ring (bicyclic) bond motifs is 5. The van der Waals surface area contributed by atoms with Gasteiger partial charge in [0.2, 0.25) is 5.95 Å². The zero-order chi connectivity index (χ0) is 25.1. The number of para-hydroxylation sites is 2. The quantitative estimate of drug-likeness (QED) is 0.250. The molecule has 0 bridgehead atoms. The highest BCUT2D eigenvalue weighted by molar-refractivity contribution is 6.09. The third kappa shape index (κ3) is 3.10. The average Bonchev–Trinajstić information content (AvgIpc) is 3.59. The highest BCUT2D eigenvalue weighted by atomic mass is 16.3. The molecule has 0 spiro atoms. The van der Waals surface area contributed by atoms with Gasteiger partial charge in [0.1, 0.15) is 11.2 Å². The Bertz CT molecular complexity index is 2090. The first-order valence-electron chi connectivity index (χ1n) is 12.7. The van der Waals surface area contributed by atoms with Gasteiger partial charge in [0.25, 0.3) is 0 Å². The van der Waals surface area contributed by atoms with Crippen molar-refractivity contribution < 1.29 is 4.42 Å². The van der Waals surface area contributed by atoms with E-state index >= 15 is 0 Å². The molecule has 4 heteroatoms. The van der Waals surface area contributed by atoms with E-state index in [1.807, 2.05) is 6.07 Å². The third-order valence-electron chi connectivity index (χ3n) is 7.31. The van der Waals surface area contributed by atoms with E-state index in [-0.39, 0.29) is 0 Å².